The van der Waals surface area contributed by atoms with Crippen molar-refractivity contribution in [3.63, 3.8) is 0 Å². The van der Waals surface area contributed by atoms with Gasteiger partial charge in [-0.2, -0.15) is 0 Å². The number of nitrogens with two attached hydrogens (primary N) is 1. The molecule has 15 heavy (non-hydrogen) atoms. The van der Waals surface area contributed by atoms with Gasteiger partial charge in [0, 0.05) is 29.7 Å². The number of aromatic nitrogens is 2. The Bertz CT molecular complexity index is 546. The lowest BCUT2D eigenvalue weighted by atomic mass is 10.1. The fourth-order valence-corrected chi connectivity index (χ4v) is 1.30. The van der Waals surface area contributed by atoms with Crippen LogP contribution in [0.25, 0.3) is 11.3 Å². The molecule has 4 nitrogen and oxygen atoms in total. The first-order valence-electron chi connectivity index (χ1n) is 4.58. The van der Waals surface area contributed by atoms with E-state index in [0.717, 1.165) is 11.1 Å². The van der Waals surface area contributed by atoms with Crippen LogP contribution in [0.5, 0.6) is 0 Å². The third-order valence-corrected chi connectivity index (χ3v) is 2.22. The number of hydrogen-bond donors (Lipinski definition) is 2. The number of nitrogens with zero attached hydrogens (tertiary/aromatic N) is 1. The van der Waals surface area contributed by atoms with E-state index in [9.17, 15) is 4.79 Å². The summed E-state index contributed by atoms with van der Waals surface area (Å²) in [5.41, 5.74) is 8.72. The number of anilines is 1. The fourth-order valence-electron chi connectivity index (χ4n) is 1.30. The summed E-state index contributed by atoms with van der Waals surface area (Å²) < 4.78 is 0. The number of pyridine rings is 2. The molecular formula is C11H11N3O. The largest absolute Gasteiger partial charge is 0.398 e. The van der Waals surface area contributed by atoms with Crippen molar-refractivity contribution in [2.24, 2.45) is 0 Å². The SMILES string of the molecule is Cc1cnc(-c2cc[nH]c(=O)c2)cc1N. The molecule has 0 unspecified atom stereocenters. The number of aromatic amines is 1. The van der Waals surface area contributed by atoms with Crippen LogP contribution in [-0.4, -0.2) is 9.97 Å². The molecule has 0 saturated heterocycles. The van der Waals surface area contributed by atoms with Crippen LogP contribution in [0, 0.1) is 6.92 Å². The lowest BCUT2D eigenvalue weighted by Gasteiger charge is -2.03. The molecule has 2 heterocycles. The molecule has 3 N–H and O–H groups in total. The first-order valence-corrected chi connectivity index (χ1v) is 4.58. The van der Waals surface area contributed by atoms with Gasteiger partial charge in [-0.1, -0.05) is 0 Å². The molecule has 0 saturated carbocycles. The van der Waals surface area contributed by atoms with Gasteiger partial charge in [-0.05, 0) is 24.6 Å². The van der Waals surface area contributed by atoms with E-state index in [1.54, 1.807) is 24.5 Å². The number of nitrogens with one attached hydrogen (secondary N) is 1. The highest BCUT2D eigenvalue weighted by Gasteiger charge is 2.01. The lowest BCUT2D eigenvalue weighted by Crippen LogP contribution is -2.03. The predicted molar refractivity (Wildman–Crippen MR) is 59.4 cm³/mol. The van der Waals surface area contributed by atoms with Crippen LogP contribution in [-0.2, 0) is 0 Å². The summed E-state index contributed by atoms with van der Waals surface area (Å²) >= 11 is 0. The van der Waals surface area contributed by atoms with Gasteiger partial charge in [-0.25, -0.2) is 0 Å². The van der Waals surface area contributed by atoms with E-state index in [1.807, 2.05) is 6.92 Å². The van der Waals surface area contributed by atoms with Gasteiger partial charge in [0.15, 0.2) is 0 Å². The smallest absolute Gasteiger partial charge is 0.248 e. The van der Waals surface area contributed by atoms with Gasteiger partial charge < -0.3 is 10.7 Å². The zero-order chi connectivity index (χ0) is 10.8. The summed E-state index contributed by atoms with van der Waals surface area (Å²) in [6.07, 6.45) is 3.29. The van der Waals surface area contributed by atoms with Gasteiger partial charge in [-0.3, -0.25) is 9.78 Å². The summed E-state index contributed by atoms with van der Waals surface area (Å²) in [6.45, 7) is 1.89. The van der Waals surface area contributed by atoms with Gasteiger partial charge in [0.05, 0.1) is 5.69 Å². The van der Waals surface area contributed by atoms with Crippen LogP contribution in [0.3, 0.4) is 0 Å². The van der Waals surface area contributed by atoms with Crippen molar-refractivity contribution in [1.82, 2.24) is 9.97 Å². The van der Waals surface area contributed by atoms with Crippen LogP contribution in [0.4, 0.5) is 5.69 Å². The highest BCUT2D eigenvalue weighted by atomic mass is 16.1. The number of nitrogen functional groups attached to an aromatic ring is 1. The second-order valence-corrected chi connectivity index (χ2v) is 3.37. The first kappa shape index (κ1) is 9.45. The zero-order valence-electron chi connectivity index (χ0n) is 8.32. The topological polar surface area (TPSA) is 71.8 Å². The fraction of sp³-hybridized carbons (Fsp3) is 0.0909. The average molecular weight is 201 g/mol. The minimum absolute atomic E-state index is 0.145. The van der Waals surface area contributed by atoms with Crippen molar-refractivity contribution >= 4 is 5.69 Å². The van der Waals surface area contributed by atoms with Crippen LogP contribution >= 0.6 is 0 Å². The summed E-state index contributed by atoms with van der Waals surface area (Å²) in [4.78, 5) is 17.9. The molecule has 2 aromatic rings. The molecular weight excluding hydrogens is 190 g/mol. The minimum atomic E-state index is -0.145. The lowest BCUT2D eigenvalue weighted by molar-refractivity contribution is 1.22. The maximum atomic E-state index is 11.1. The number of hydrogen-bond acceptors (Lipinski definition) is 3. The van der Waals surface area contributed by atoms with Gasteiger partial charge >= 0.3 is 0 Å². The van der Waals surface area contributed by atoms with E-state index in [4.69, 9.17) is 5.73 Å². The number of rotatable bonds is 1. The Balaban J connectivity index is 2.55. The Hall–Kier alpha value is -2.10. The summed E-state index contributed by atoms with van der Waals surface area (Å²) in [5.74, 6) is 0. The molecule has 0 aliphatic rings. The Morgan fingerprint density at radius 3 is 2.87 bits per heavy atom. The maximum absolute atomic E-state index is 11.1. The monoisotopic (exact) mass is 201 g/mol. The van der Waals surface area contributed by atoms with Gasteiger partial charge in [0.2, 0.25) is 5.56 Å². The third kappa shape index (κ3) is 1.88. The molecule has 0 amide bonds. The van der Waals surface area contributed by atoms with Crippen molar-refractivity contribution in [2.45, 2.75) is 6.92 Å². The molecule has 0 aliphatic carbocycles. The Morgan fingerprint density at radius 1 is 1.40 bits per heavy atom. The van der Waals surface area contributed by atoms with Crippen molar-refractivity contribution in [3.8, 4) is 11.3 Å². The quantitative estimate of drug-likeness (QED) is 0.731. The average Bonchev–Trinajstić information content (AvgIpc) is 2.22. The van der Waals surface area contributed by atoms with E-state index in [0.29, 0.717) is 11.4 Å². The van der Waals surface area contributed by atoms with Crippen LogP contribution < -0.4 is 11.3 Å². The second kappa shape index (κ2) is 3.57. The van der Waals surface area contributed by atoms with E-state index in [-0.39, 0.29) is 5.56 Å². The number of aryl methyl sites for hydroxylation is 1. The van der Waals surface area contributed by atoms with Crippen molar-refractivity contribution < 1.29 is 0 Å². The van der Waals surface area contributed by atoms with Gasteiger partial charge in [0.1, 0.15) is 0 Å². The summed E-state index contributed by atoms with van der Waals surface area (Å²) in [5, 5.41) is 0. The molecule has 0 fully saturated rings. The molecule has 0 atom stereocenters. The van der Waals surface area contributed by atoms with E-state index in [1.165, 1.54) is 6.07 Å². The molecule has 0 spiro atoms. The molecule has 4 heteroatoms. The van der Waals surface area contributed by atoms with Crippen LogP contribution in [0.15, 0.2) is 35.4 Å². The zero-order valence-corrected chi connectivity index (χ0v) is 8.32. The molecule has 76 valence electrons. The van der Waals surface area contributed by atoms with E-state index < -0.39 is 0 Å². The second-order valence-electron chi connectivity index (χ2n) is 3.37. The highest BCUT2D eigenvalue weighted by molar-refractivity contribution is 5.63. The van der Waals surface area contributed by atoms with Crippen molar-refractivity contribution in [2.75, 3.05) is 5.73 Å². The molecule has 0 aromatic carbocycles. The molecule has 2 rings (SSSR count). The van der Waals surface area contributed by atoms with Crippen molar-refractivity contribution in [1.29, 1.82) is 0 Å². The number of H-pyrrole nitrogens is 1. The van der Waals surface area contributed by atoms with Crippen LogP contribution in [0.2, 0.25) is 0 Å². The van der Waals surface area contributed by atoms with E-state index >= 15 is 0 Å². The Kier molecular flexibility index (Phi) is 2.25. The summed E-state index contributed by atoms with van der Waals surface area (Å²) in [6, 6.07) is 5.06. The minimum Gasteiger partial charge on any atom is -0.398 e. The summed E-state index contributed by atoms with van der Waals surface area (Å²) in [7, 11) is 0. The standard InChI is InChI=1S/C11H11N3O/c1-7-6-14-10(5-9(7)12)8-2-3-13-11(15)4-8/h2-6H,1H3,(H2,12,14)(H,13,15). The predicted octanol–water partition coefficient (Wildman–Crippen LogP) is 1.33. The highest BCUT2D eigenvalue weighted by Crippen LogP contribution is 2.18. The molecule has 0 bridgehead atoms. The van der Waals surface area contributed by atoms with Crippen LogP contribution in [0.1, 0.15) is 5.56 Å². The van der Waals surface area contributed by atoms with Gasteiger partial charge in [0.25, 0.3) is 0 Å². The normalized spacial score (nSPS) is 10.2. The van der Waals surface area contributed by atoms with E-state index in [2.05, 4.69) is 9.97 Å². The van der Waals surface area contributed by atoms with Gasteiger partial charge in [-0.15, -0.1) is 0 Å². The first-order chi connectivity index (χ1) is 7.16. The molecule has 0 aliphatic heterocycles. The third-order valence-electron chi connectivity index (χ3n) is 2.22. The maximum Gasteiger partial charge on any atom is 0.248 e. The molecule has 2 aromatic heterocycles. The Labute approximate surface area is 86.8 Å². The Morgan fingerprint density at radius 2 is 2.20 bits per heavy atom. The molecule has 0 radical (unpaired) electrons. The van der Waals surface area contributed by atoms with Crippen molar-refractivity contribution in [3.05, 3.63) is 46.5 Å².